The molecule has 0 saturated heterocycles. The summed E-state index contributed by atoms with van der Waals surface area (Å²) in [5, 5.41) is 0. The Labute approximate surface area is 121 Å². The maximum absolute atomic E-state index is 12.1. The van der Waals surface area contributed by atoms with Gasteiger partial charge < -0.3 is 9.15 Å². The third kappa shape index (κ3) is 2.76. The van der Waals surface area contributed by atoms with Crippen molar-refractivity contribution in [1.82, 2.24) is 4.98 Å². The zero-order valence-corrected chi connectivity index (χ0v) is 11.1. The molecule has 3 rings (SSSR count). The molecule has 22 heavy (non-hydrogen) atoms. The van der Waals surface area contributed by atoms with E-state index in [1.165, 1.54) is 24.3 Å². The van der Waals surface area contributed by atoms with E-state index in [1.54, 1.807) is 0 Å². The van der Waals surface area contributed by atoms with Gasteiger partial charge in [-0.25, -0.2) is 4.79 Å². The summed E-state index contributed by atoms with van der Waals surface area (Å²) in [4.78, 5) is 25.0. The molecule has 1 aliphatic rings. The highest BCUT2D eigenvalue weighted by Crippen LogP contribution is 2.36. The van der Waals surface area contributed by atoms with Gasteiger partial charge >= 0.3 is 12.1 Å². The Hall–Kier alpha value is -2.51. The van der Waals surface area contributed by atoms with Crippen LogP contribution in [0.2, 0.25) is 0 Å². The standard InChI is InChI=1S/C14H10F3NO4/c15-14(16,17)22-8-3-1-7(2-4-8)9-5-6-10-11(9)21-13(20)18-12(10)19/h1-4,9H,5-6H2,(H,18,19,20). The normalized spacial score (nSPS) is 17.3. The smallest absolute Gasteiger partial charge is 0.413 e. The Morgan fingerprint density at radius 1 is 1.18 bits per heavy atom. The second-order valence-electron chi connectivity index (χ2n) is 4.89. The third-order valence-corrected chi connectivity index (χ3v) is 3.51. The van der Waals surface area contributed by atoms with Crippen LogP contribution in [-0.4, -0.2) is 11.3 Å². The maximum Gasteiger partial charge on any atom is 0.573 e. The number of nitrogens with one attached hydrogen (secondary N) is 1. The summed E-state index contributed by atoms with van der Waals surface area (Å²) >= 11 is 0. The summed E-state index contributed by atoms with van der Waals surface area (Å²) in [6, 6.07) is 5.29. The lowest BCUT2D eigenvalue weighted by Gasteiger charge is -2.12. The molecule has 2 aromatic rings. The monoisotopic (exact) mass is 313 g/mol. The zero-order valence-electron chi connectivity index (χ0n) is 11.1. The molecule has 0 fully saturated rings. The first-order valence-corrected chi connectivity index (χ1v) is 6.45. The molecule has 0 radical (unpaired) electrons. The van der Waals surface area contributed by atoms with Crippen LogP contribution in [-0.2, 0) is 6.42 Å². The molecule has 1 heterocycles. The summed E-state index contributed by atoms with van der Waals surface area (Å²) in [7, 11) is 0. The fourth-order valence-electron chi connectivity index (χ4n) is 2.62. The van der Waals surface area contributed by atoms with E-state index in [2.05, 4.69) is 9.72 Å². The van der Waals surface area contributed by atoms with Gasteiger partial charge in [-0.15, -0.1) is 13.2 Å². The highest BCUT2D eigenvalue weighted by molar-refractivity contribution is 5.37. The lowest BCUT2D eigenvalue weighted by atomic mass is 9.97. The van der Waals surface area contributed by atoms with Crippen molar-refractivity contribution in [2.75, 3.05) is 0 Å². The lowest BCUT2D eigenvalue weighted by molar-refractivity contribution is -0.274. The summed E-state index contributed by atoms with van der Waals surface area (Å²) in [5.41, 5.74) is 0.577. The van der Waals surface area contributed by atoms with Gasteiger partial charge in [0, 0.05) is 5.92 Å². The number of aromatic nitrogens is 1. The molecule has 116 valence electrons. The molecule has 0 spiro atoms. The average Bonchev–Trinajstić information content (AvgIpc) is 2.82. The van der Waals surface area contributed by atoms with Crippen LogP contribution in [0.3, 0.4) is 0 Å². The van der Waals surface area contributed by atoms with E-state index in [9.17, 15) is 22.8 Å². The highest BCUT2D eigenvalue weighted by atomic mass is 19.4. The number of benzene rings is 1. The molecule has 1 unspecified atom stereocenters. The van der Waals surface area contributed by atoms with E-state index in [0.29, 0.717) is 24.0 Å². The molecule has 8 heteroatoms. The first-order valence-electron chi connectivity index (χ1n) is 6.45. The molecule has 1 aromatic heterocycles. The number of rotatable bonds is 2. The molecule has 1 atom stereocenters. The second kappa shape index (κ2) is 5.04. The van der Waals surface area contributed by atoms with Crippen molar-refractivity contribution < 1.29 is 22.3 Å². The fourth-order valence-corrected chi connectivity index (χ4v) is 2.62. The van der Waals surface area contributed by atoms with Crippen molar-refractivity contribution in [3.05, 3.63) is 62.1 Å². The van der Waals surface area contributed by atoms with E-state index in [-0.39, 0.29) is 17.4 Å². The number of halogens is 3. The van der Waals surface area contributed by atoms with Gasteiger partial charge in [-0.1, -0.05) is 12.1 Å². The molecular weight excluding hydrogens is 303 g/mol. The van der Waals surface area contributed by atoms with E-state index in [0.717, 1.165) is 0 Å². The molecule has 0 amide bonds. The third-order valence-electron chi connectivity index (χ3n) is 3.51. The predicted octanol–water partition coefficient (Wildman–Crippen LogP) is 2.30. The van der Waals surface area contributed by atoms with Gasteiger partial charge in [-0.3, -0.25) is 9.78 Å². The Bertz CT molecular complexity index is 805. The highest BCUT2D eigenvalue weighted by Gasteiger charge is 2.32. The van der Waals surface area contributed by atoms with Crippen LogP contribution in [0, 0.1) is 0 Å². The van der Waals surface area contributed by atoms with Crippen LogP contribution in [0.4, 0.5) is 13.2 Å². The van der Waals surface area contributed by atoms with Crippen LogP contribution in [0.1, 0.15) is 29.2 Å². The minimum absolute atomic E-state index is 0.276. The minimum Gasteiger partial charge on any atom is -0.413 e. The topological polar surface area (TPSA) is 72.3 Å². The number of alkyl halides is 3. The van der Waals surface area contributed by atoms with Crippen molar-refractivity contribution in [2.24, 2.45) is 0 Å². The van der Waals surface area contributed by atoms with Gasteiger partial charge in [-0.2, -0.15) is 0 Å². The minimum atomic E-state index is -4.75. The Morgan fingerprint density at radius 3 is 2.50 bits per heavy atom. The lowest BCUT2D eigenvalue weighted by Crippen LogP contribution is -2.22. The van der Waals surface area contributed by atoms with E-state index in [1.807, 2.05) is 0 Å². The van der Waals surface area contributed by atoms with Crippen LogP contribution < -0.4 is 16.1 Å². The molecule has 0 aliphatic heterocycles. The van der Waals surface area contributed by atoms with Gasteiger partial charge in [-0.05, 0) is 30.5 Å². The fraction of sp³-hybridized carbons (Fsp3) is 0.286. The van der Waals surface area contributed by atoms with Crippen molar-refractivity contribution >= 4 is 0 Å². The van der Waals surface area contributed by atoms with E-state index in [4.69, 9.17) is 4.42 Å². The molecule has 1 aromatic carbocycles. The van der Waals surface area contributed by atoms with Crippen LogP contribution >= 0.6 is 0 Å². The number of aromatic amines is 1. The Morgan fingerprint density at radius 2 is 1.86 bits per heavy atom. The van der Waals surface area contributed by atoms with Crippen LogP contribution in [0.15, 0.2) is 38.3 Å². The average molecular weight is 313 g/mol. The van der Waals surface area contributed by atoms with Crippen LogP contribution in [0.25, 0.3) is 0 Å². The van der Waals surface area contributed by atoms with Crippen LogP contribution in [0.5, 0.6) is 5.75 Å². The van der Waals surface area contributed by atoms with Crippen molar-refractivity contribution in [2.45, 2.75) is 25.1 Å². The SMILES string of the molecule is O=c1[nH]c(=O)c2c(o1)C(c1ccc(OC(F)(F)F)cc1)CC2. The number of H-pyrrole nitrogens is 1. The number of hydrogen-bond donors (Lipinski definition) is 1. The first kappa shape index (κ1) is 14.4. The molecule has 5 nitrogen and oxygen atoms in total. The summed E-state index contributed by atoms with van der Waals surface area (Å²) in [6.45, 7) is 0. The van der Waals surface area contributed by atoms with Gasteiger partial charge in [0.05, 0.1) is 5.56 Å². The van der Waals surface area contributed by atoms with Gasteiger partial charge in [0.1, 0.15) is 11.5 Å². The van der Waals surface area contributed by atoms with Gasteiger partial charge in [0.15, 0.2) is 0 Å². The van der Waals surface area contributed by atoms with E-state index < -0.39 is 17.7 Å². The Balaban J connectivity index is 1.92. The Kier molecular flexibility index (Phi) is 3.31. The van der Waals surface area contributed by atoms with Crippen molar-refractivity contribution in [3.8, 4) is 5.75 Å². The van der Waals surface area contributed by atoms with Gasteiger partial charge in [0.2, 0.25) is 0 Å². The quantitative estimate of drug-likeness (QED) is 0.923. The first-order chi connectivity index (χ1) is 10.3. The van der Waals surface area contributed by atoms with E-state index >= 15 is 0 Å². The number of fused-ring (bicyclic) bond motifs is 1. The summed E-state index contributed by atoms with van der Waals surface area (Å²) < 4.78 is 45.2. The molecule has 0 bridgehead atoms. The zero-order chi connectivity index (χ0) is 15.9. The maximum atomic E-state index is 12.1. The number of ether oxygens (including phenoxy) is 1. The van der Waals surface area contributed by atoms with Crippen molar-refractivity contribution in [3.63, 3.8) is 0 Å². The largest absolute Gasteiger partial charge is 0.573 e. The van der Waals surface area contributed by atoms with Crippen molar-refractivity contribution in [1.29, 1.82) is 0 Å². The predicted molar refractivity (Wildman–Crippen MR) is 68.9 cm³/mol. The molecule has 1 N–H and O–H groups in total. The molecule has 0 saturated carbocycles. The number of hydrogen-bond acceptors (Lipinski definition) is 4. The second-order valence-corrected chi connectivity index (χ2v) is 4.89. The molecular formula is C14H10F3NO4. The summed E-state index contributed by atoms with van der Waals surface area (Å²) in [6.07, 6.45) is -3.76. The molecule has 1 aliphatic carbocycles. The summed E-state index contributed by atoms with van der Waals surface area (Å²) in [5.74, 6) is -1.22. The van der Waals surface area contributed by atoms with Gasteiger partial charge in [0.25, 0.3) is 5.56 Å².